The van der Waals surface area contributed by atoms with Gasteiger partial charge in [0.05, 0.1) is 0 Å². The number of halogens is 1. The molecule has 2 aliphatic heterocycles. The maximum Gasteiger partial charge on any atom is 0.191 e. The van der Waals surface area contributed by atoms with Crippen molar-refractivity contribution in [2.24, 2.45) is 4.99 Å². The molecule has 1 unspecified atom stereocenters. The number of guanidine groups is 1. The molecular weight excluding hydrogens is 461 g/mol. The molecule has 2 saturated heterocycles. The highest BCUT2D eigenvalue weighted by Gasteiger charge is 2.24. The summed E-state index contributed by atoms with van der Waals surface area (Å²) in [6.07, 6.45) is 7.82. The third kappa shape index (κ3) is 7.87. The van der Waals surface area contributed by atoms with Crippen molar-refractivity contribution in [2.45, 2.75) is 51.1 Å². The van der Waals surface area contributed by atoms with Crippen LogP contribution in [0, 0.1) is 0 Å². The Kier molecular flexibility index (Phi) is 11.2. The van der Waals surface area contributed by atoms with Crippen molar-refractivity contribution in [1.29, 1.82) is 0 Å². The lowest BCUT2D eigenvalue weighted by molar-refractivity contribution is 0.245. The average Bonchev–Trinajstić information content (AvgIpc) is 3.37. The van der Waals surface area contributed by atoms with E-state index in [1.54, 1.807) is 0 Å². The summed E-state index contributed by atoms with van der Waals surface area (Å²) in [6.45, 7) is 8.09. The van der Waals surface area contributed by atoms with Crippen LogP contribution in [0.5, 0.6) is 0 Å². The Morgan fingerprint density at radius 2 is 1.82 bits per heavy atom. The highest BCUT2D eigenvalue weighted by molar-refractivity contribution is 14.0. The number of benzene rings is 1. The molecule has 1 aromatic carbocycles. The van der Waals surface area contributed by atoms with Crippen molar-refractivity contribution >= 4 is 29.9 Å². The molecule has 2 aliphatic rings. The van der Waals surface area contributed by atoms with E-state index in [2.05, 4.69) is 55.8 Å². The molecule has 1 atom stereocenters. The molecule has 158 valence electrons. The van der Waals surface area contributed by atoms with E-state index in [0.717, 1.165) is 25.6 Å². The Bertz CT molecular complexity index is 559. The zero-order valence-corrected chi connectivity index (χ0v) is 19.7. The lowest BCUT2D eigenvalue weighted by atomic mass is 10.2. The van der Waals surface area contributed by atoms with Crippen molar-refractivity contribution < 1.29 is 0 Å². The van der Waals surface area contributed by atoms with E-state index < -0.39 is 0 Å². The van der Waals surface area contributed by atoms with E-state index >= 15 is 0 Å². The normalized spacial score (nSPS) is 20.9. The fraction of sp³-hybridized carbons (Fsp3) is 0.682. The number of nitrogens with one attached hydrogen (secondary N) is 2. The van der Waals surface area contributed by atoms with Crippen LogP contribution in [-0.4, -0.2) is 68.1 Å². The molecule has 0 amide bonds. The molecule has 0 aromatic heterocycles. The highest BCUT2D eigenvalue weighted by Crippen LogP contribution is 2.19. The summed E-state index contributed by atoms with van der Waals surface area (Å²) in [5, 5.41) is 7.03. The van der Waals surface area contributed by atoms with E-state index in [0.29, 0.717) is 6.04 Å². The summed E-state index contributed by atoms with van der Waals surface area (Å²) in [6, 6.07) is 11.4. The van der Waals surface area contributed by atoms with Crippen LogP contribution >= 0.6 is 24.0 Å². The predicted octanol–water partition coefficient (Wildman–Crippen LogP) is 3.31. The van der Waals surface area contributed by atoms with Crippen LogP contribution in [0.3, 0.4) is 0 Å². The lowest BCUT2D eigenvalue weighted by Crippen LogP contribution is -2.45. The number of likely N-dealkylation sites (tertiary alicyclic amines) is 2. The molecule has 5 nitrogen and oxygen atoms in total. The Balaban J connectivity index is 0.00000280. The summed E-state index contributed by atoms with van der Waals surface area (Å²) in [5.41, 5.74) is 1.41. The van der Waals surface area contributed by atoms with Crippen LogP contribution in [0.4, 0.5) is 0 Å². The molecule has 0 saturated carbocycles. The van der Waals surface area contributed by atoms with Crippen LogP contribution in [0.2, 0.25) is 0 Å². The second-order valence-corrected chi connectivity index (χ2v) is 7.89. The fourth-order valence-corrected chi connectivity index (χ4v) is 4.26. The number of nitrogens with zero attached hydrogens (tertiary/aromatic N) is 3. The van der Waals surface area contributed by atoms with E-state index in [1.165, 1.54) is 70.3 Å². The summed E-state index contributed by atoms with van der Waals surface area (Å²) in [5.74, 6) is 0.947. The van der Waals surface area contributed by atoms with Gasteiger partial charge >= 0.3 is 0 Å². The van der Waals surface area contributed by atoms with E-state index in [4.69, 9.17) is 0 Å². The molecule has 0 spiro atoms. The van der Waals surface area contributed by atoms with Crippen molar-refractivity contribution in [2.75, 3.05) is 46.3 Å². The molecule has 2 N–H and O–H groups in total. The summed E-state index contributed by atoms with van der Waals surface area (Å²) >= 11 is 0. The Hall–Kier alpha value is -0.860. The first-order valence-corrected chi connectivity index (χ1v) is 10.8. The van der Waals surface area contributed by atoms with Gasteiger partial charge in [0.25, 0.3) is 0 Å². The minimum absolute atomic E-state index is 0. The van der Waals surface area contributed by atoms with E-state index in [9.17, 15) is 0 Å². The van der Waals surface area contributed by atoms with Crippen LogP contribution in [0.1, 0.15) is 44.1 Å². The number of hydrogen-bond acceptors (Lipinski definition) is 3. The third-order valence-electron chi connectivity index (χ3n) is 5.85. The van der Waals surface area contributed by atoms with Crippen LogP contribution in [0.25, 0.3) is 0 Å². The second kappa shape index (κ2) is 13.4. The first-order valence-electron chi connectivity index (χ1n) is 10.8. The molecule has 3 rings (SSSR count). The van der Waals surface area contributed by atoms with Gasteiger partial charge in [0.15, 0.2) is 5.96 Å². The van der Waals surface area contributed by atoms with Gasteiger partial charge in [0.1, 0.15) is 0 Å². The van der Waals surface area contributed by atoms with Crippen molar-refractivity contribution in [3.63, 3.8) is 0 Å². The van der Waals surface area contributed by atoms with Crippen LogP contribution < -0.4 is 10.6 Å². The monoisotopic (exact) mass is 499 g/mol. The van der Waals surface area contributed by atoms with Crippen LogP contribution in [0.15, 0.2) is 35.3 Å². The lowest BCUT2D eigenvalue weighted by Gasteiger charge is -2.25. The van der Waals surface area contributed by atoms with Crippen molar-refractivity contribution in [3.8, 4) is 0 Å². The van der Waals surface area contributed by atoms with Crippen molar-refractivity contribution in [1.82, 2.24) is 20.4 Å². The SMILES string of the molecule is CN=C(NCCCCN1CCCC1)NCC1CCCN1Cc1ccccc1.I. The second-order valence-electron chi connectivity index (χ2n) is 7.89. The molecule has 0 bridgehead atoms. The zero-order chi connectivity index (χ0) is 18.7. The Labute approximate surface area is 188 Å². The fourth-order valence-electron chi connectivity index (χ4n) is 4.26. The molecule has 0 aliphatic carbocycles. The topological polar surface area (TPSA) is 42.9 Å². The molecule has 0 radical (unpaired) electrons. The molecule has 2 heterocycles. The van der Waals surface area contributed by atoms with Gasteiger partial charge < -0.3 is 15.5 Å². The van der Waals surface area contributed by atoms with Gasteiger partial charge in [0.2, 0.25) is 0 Å². The maximum absolute atomic E-state index is 4.40. The first kappa shape index (κ1) is 23.4. The first-order chi connectivity index (χ1) is 13.3. The maximum atomic E-state index is 4.40. The molecule has 6 heteroatoms. The summed E-state index contributed by atoms with van der Waals surface area (Å²) in [7, 11) is 1.87. The smallest absolute Gasteiger partial charge is 0.191 e. The van der Waals surface area contributed by atoms with E-state index in [1.807, 2.05) is 7.05 Å². The molecular formula is C22H38IN5. The zero-order valence-electron chi connectivity index (χ0n) is 17.4. The number of rotatable bonds is 9. The van der Waals surface area contributed by atoms with Gasteiger partial charge in [-0.3, -0.25) is 9.89 Å². The molecule has 28 heavy (non-hydrogen) atoms. The van der Waals surface area contributed by atoms with Gasteiger partial charge in [-0.2, -0.15) is 0 Å². The number of aliphatic imine (C=N–C) groups is 1. The quantitative estimate of drug-likeness (QED) is 0.237. The van der Waals surface area contributed by atoms with Gasteiger partial charge in [-0.1, -0.05) is 30.3 Å². The molecule has 1 aromatic rings. The number of unbranched alkanes of at least 4 members (excludes halogenated alkanes) is 1. The van der Waals surface area contributed by atoms with Crippen LogP contribution in [-0.2, 0) is 6.54 Å². The third-order valence-corrected chi connectivity index (χ3v) is 5.85. The number of hydrogen-bond donors (Lipinski definition) is 2. The largest absolute Gasteiger partial charge is 0.356 e. The molecule has 2 fully saturated rings. The minimum atomic E-state index is 0. The summed E-state index contributed by atoms with van der Waals surface area (Å²) < 4.78 is 0. The van der Waals surface area contributed by atoms with Gasteiger partial charge in [-0.15, -0.1) is 24.0 Å². The van der Waals surface area contributed by atoms with Gasteiger partial charge in [0, 0.05) is 32.7 Å². The van der Waals surface area contributed by atoms with Gasteiger partial charge in [-0.05, 0) is 70.3 Å². The summed E-state index contributed by atoms with van der Waals surface area (Å²) in [4.78, 5) is 9.59. The Morgan fingerprint density at radius 1 is 1.04 bits per heavy atom. The van der Waals surface area contributed by atoms with Gasteiger partial charge in [-0.25, -0.2) is 0 Å². The van der Waals surface area contributed by atoms with E-state index in [-0.39, 0.29) is 24.0 Å². The minimum Gasteiger partial charge on any atom is -0.356 e. The standard InChI is InChI=1S/C22H37N5.HI/c1-23-22(24-13-5-6-14-26-15-7-8-16-26)25-18-21-12-9-17-27(21)19-20-10-3-2-4-11-20;/h2-4,10-11,21H,5-9,12-19H2,1H3,(H2,23,24,25);1H. The highest BCUT2D eigenvalue weighted by atomic mass is 127. The Morgan fingerprint density at radius 3 is 2.57 bits per heavy atom. The van der Waals surface area contributed by atoms with Crippen molar-refractivity contribution in [3.05, 3.63) is 35.9 Å². The predicted molar refractivity (Wildman–Crippen MR) is 130 cm³/mol. The average molecular weight is 499 g/mol.